The van der Waals surface area contributed by atoms with E-state index < -0.39 is 11.6 Å². The van der Waals surface area contributed by atoms with Gasteiger partial charge in [-0.25, -0.2) is 18.2 Å². The maximum Gasteiger partial charge on any atom is 0.272 e. The van der Waals surface area contributed by atoms with E-state index in [9.17, 15) is 18.0 Å². The highest BCUT2D eigenvalue weighted by atomic mass is 19.1. The van der Waals surface area contributed by atoms with Gasteiger partial charge in [-0.1, -0.05) is 6.07 Å². The maximum atomic E-state index is 14.0. The lowest BCUT2D eigenvalue weighted by atomic mass is 10.0. The SMILES string of the molecule is CN(Cc1ccc(F)c2c1CN=C2)C(=O)c1ccc(-c2cc(F)cc(F)c2)c(OC2CC2)n1. The summed E-state index contributed by atoms with van der Waals surface area (Å²) in [6.45, 7) is 0.628. The third-order valence-electron chi connectivity index (χ3n) is 5.68. The number of carbonyl (C=O) groups excluding carboxylic acids is 1. The minimum atomic E-state index is -0.710. The van der Waals surface area contributed by atoms with Crippen molar-refractivity contribution in [2.24, 2.45) is 4.99 Å². The number of benzene rings is 2. The topological polar surface area (TPSA) is 54.8 Å². The highest BCUT2D eigenvalue weighted by Crippen LogP contribution is 2.34. The monoisotopic (exact) mass is 451 g/mol. The molecule has 1 amide bonds. The van der Waals surface area contributed by atoms with Crippen LogP contribution in [0.5, 0.6) is 5.88 Å². The molecule has 0 atom stereocenters. The molecule has 1 aliphatic carbocycles. The van der Waals surface area contributed by atoms with Gasteiger partial charge in [0.25, 0.3) is 5.91 Å². The molecular formula is C25H20F3N3O2. The molecule has 0 unspecified atom stereocenters. The molecular weight excluding hydrogens is 431 g/mol. The summed E-state index contributed by atoms with van der Waals surface area (Å²) in [5.41, 5.74) is 2.87. The first-order valence-electron chi connectivity index (χ1n) is 10.6. The van der Waals surface area contributed by atoms with Gasteiger partial charge in [0, 0.05) is 37.0 Å². The van der Waals surface area contributed by atoms with Crippen molar-refractivity contribution in [2.45, 2.75) is 32.0 Å². The van der Waals surface area contributed by atoms with E-state index in [0.717, 1.165) is 30.0 Å². The fourth-order valence-corrected chi connectivity index (χ4v) is 3.83. The fourth-order valence-electron chi connectivity index (χ4n) is 3.83. The molecule has 1 fully saturated rings. The Balaban J connectivity index is 1.43. The van der Waals surface area contributed by atoms with E-state index in [1.54, 1.807) is 19.2 Å². The van der Waals surface area contributed by atoms with Crippen molar-refractivity contribution >= 4 is 12.1 Å². The quantitative estimate of drug-likeness (QED) is 0.535. The van der Waals surface area contributed by atoms with Gasteiger partial charge in [-0.15, -0.1) is 0 Å². The predicted octanol–water partition coefficient (Wildman–Crippen LogP) is 4.91. The Labute approximate surface area is 188 Å². The van der Waals surface area contributed by atoms with Crippen molar-refractivity contribution in [3.05, 3.63) is 82.3 Å². The van der Waals surface area contributed by atoms with Crippen LogP contribution in [0, 0.1) is 17.5 Å². The van der Waals surface area contributed by atoms with Crippen molar-refractivity contribution in [3.63, 3.8) is 0 Å². The third-order valence-corrected chi connectivity index (χ3v) is 5.68. The molecule has 1 aliphatic heterocycles. The summed E-state index contributed by atoms with van der Waals surface area (Å²) in [7, 11) is 1.63. The average molecular weight is 451 g/mol. The van der Waals surface area contributed by atoms with Crippen LogP contribution < -0.4 is 4.74 Å². The Bertz CT molecular complexity index is 1270. The number of hydrogen-bond donors (Lipinski definition) is 0. The molecule has 0 spiro atoms. The van der Waals surface area contributed by atoms with Crippen LogP contribution in [0.3, 0.4) is 0 Å². The second kappa shape index (κ2) is 8.35. The lowest BCUT2D eigenvalue weighted by Crippen LogP contribution is -2.27. The van der Waals surface area contributed by atoms with E-state index in [-0.39, 0.29) is 41.5 Å². The van der Waals surface area contributed by atoms with Crippen LogP contribution in [0.15, 0.2) is 47.5 Å². The Kier molecular flexibility index (Phi) is 5.36. The van der Waals surface area contributed by atoms with Gasteiger partial charge in [-0.2, -0.15) is 0 Å². The molecule has 2 heterocycles. The summed E-state index contributed by atoms with van der Waals surface area (Å²) in [6, 6.07) is 9.32. The van der Waals surface area contributed by atoms with Crippen LogP contribution in [0.4, 0.5) is 13.2 Å². The zero-order chi connectivity index (χ0) is 23.1. The number of amides is 1. The lowest BCUT2D eigenvalue weighted by Gasteiger charge is -2.20. The maximum absolute atomic E-state index is 14.0. The largest absolute Gasteiger partial charge is 0.474 e. The molecule has 2 aliphatic rings. The smallest absolute Gasteiger partial charge is 0.272 e. The Morgan fingerprint density at radius 2 is 1.85 bits per heavy atom. The molecule has 0 saturated heterocycles. The molecule has 5 rings (SSSR count). The van der Waals surface area contributed by atoms with Gasteiger partial charge in [-0.3, -0.25) is 9.79 Å². The standard InChI is InChI=1S/C25H20F3N3O2/c1-31(13-14-2-6-22(28)21-12-29-11-20(14)21)25(32)23-7-5-19(24(30-23)33-18-3-4-18)15-8-16(26)10-17(27)9-15/h2,5-10,12,18H,3-4,11,13H2,1H3. The summed E-state index contributed by atoms with van der Waals surface area (Å²) in [4.78, 5) is 23.1. The number of carbonyl (C=O) groups is 1. The van der Waals surface area contributed by atoms with Gasteiger partial charge in [0.1, 0.15) is 29.2 Å². The van der Waals surface area contributed by atoms with Gasteiger partial charge in [0.2, 0.25) is 5.88 Å². The van der Waals surface area contributed by atoms with Crippen LogP contribution in [0.2, 0.25) is 0 Å². The van der Waals surface area contributed by atoms with Crippen LogP contribution in [0.25, 0.3) is 11.1 Å². The number of aliphatic imine (C=N–C) groups is 1. The molecule has 1 saturated carbocycles. The third kappa shape index (κ3) is 4.33. The number of pyridine rings is 1. The van der Waals surface area contributed by atoms with Crippen LogP contribution in [-0.4, -0.2) is 35.2 Å². The van der Waals surface area contributed by atoms with Crippen molar-refractivity contribution in [2.75, 3.05) is 7.05 Å². The van der Waals surface area contributed by atoms with E-state index in [1.807, 2.05) is 0 Å². The van der Waals surface area contributed by atoms with Crippen LogP contribution >= 0.6 is 0 Å². The van der Waals surface area contributed by atoms with Gasteiger partial charge in [0.05, 0.1) is 6.54 Å². The molecule has 0 N–H and O–H groups in total. The highest BCUT2D eigenvalue weighted by Gasteiger charge is 2.27. The minimum Gasteiger partial charge on any atom is -0.474 e. The summed E-state index contributed by atoms with van der Waals surface area (Å²) in [5, 5.41) is 0. The number of halogens is 3. The van der Waals surface area contributed by atoms with E-state index >= 15 is 0 Å². The number of aromatic nitrogens is 1. The molecule has 1 aromatic heterocycles. The number of ether oxygens (including phenoxy) is 1. The number of rotatable bonds is 6. The average Bonchev–Trinajstić information content (AvgIpc) is 3.45. The summed E-state index contributed by atoms with van der Waals surface area (Å²) < 4.78 is 47.4. The minimum absolute atomic E-state index is 0.0282. The number of fused-ring (bicyclic) bond motifs is 1. The van der Waals surface area contributed by atoms with Crippen LogP contribution in [-0.2, 0) is 13.1 Å². The summed E-state index contributed by atoms with van der Waals surface area (Å²) in [6.07, 6.45) is 3.19. The molecule has 3 aromatic rings. The van der Waals surface area contributed by atoms with E-state index in [4.69, 9.17) is 4.74 Å². The Hall–Kier alpha value is -3.68. The second-order valence-electron chi connectivity index (χ2n) is 8.25. The Morgan fingerprint density at radius 3 is 2.58 bits per heavy atom. The van der Waals surface area contributed by atoms with E-state index in [0.29, 0.717) is 17.7 Å². The molecule has 0 bridgehead atoms. The van der Waals surface area contributed by atoms with Crippen LogP contribution in [0.1, 0.15) is 40.0 Å². The first-order chi connectivity index (χ1) is 15.9. The first kappa shape index (κ1) is 21.2. The Morgan fingerprint density at radius 1 is 1.09 bits per heavy atom. The van der Waals surface area contributed by atoms with Gasteiger partial charge >= 0.3 is 0 Å². The zero-order valence-corrected chi connectivity index (χ0v) is 17.8. The normalized spacial score (nSPS) is 14.3. The molecule has 168 valence electrons. The summed E-state index contributed by atoms with van der Waals surface area (Å²) in [5.74, 6) is -1.95. The molecule has 0 radical (unpaired) electrons. The summed E-state index contributed by atoms with van der Waals surface area (Å²) >= 11 is 0. The number of hydrogen-bond acceptors (Lipinski definition) is 4. The van der Waals surface area contributed by atoms with Crippen molar-refractivity contribution in [3.8, 4) is 17.0 Å². The predicted molar refractivity (Wildman–Crippen MR) is 117 cm³/mol. The lowest BCUT2D eigenvalue weighted by molar-refractivity contribution is 0.0777. The van der Waals surface area contributed by atoms with Gasteiger partial charge in [0.15, 0.2) is 0 Å². The molecule has 2 aromatic carbocycles. The second-order valence-corrected chi connectivity index (χ2v) is 8.25. The van der Waals surface area contributed by atoms with Crippen molar-refractivity contribution in [1.29, 1.82) is 0 Å². The zero-order valence-electron chi connectivity index (χ0n) is 17.8. The van der Waals surface area contributed by atoms with Gasteiger partial charge in [-0.05, 0) is 59.9 Å². The molecule has 5 nitrogen and oxygen atoms in total. The highest BCUT2D eigenvalue weighted by molar-refractivity contribution is 5.93. The molecule has 8 heteroatoms. The van der Waals surface area contributed by atoms with Crippen molar-refractivity contribution in [1.82, 2.24) is 9.88 Å². The number of nitrogens with zero attached hydrogens (tertiary/aromatic N) is 3. The van der Waals surface area contributed by atoms with E-state index in [1.165, 1.54) is 35.4 Å². The van der Waals surface area contributed by atoms with Gasteiger partial charge < -0.3 is 9.64 Å². The fraction of sp³-hybridized carbons (Fsp3) is 0.240. The first-order valence-corrected chi connectivity index (χ1v) is 10.6. The molecule has 33 heavy (non-hydrogen) atoms. The van der Waals surface area contributed by atoms with E-state index in [2.05, 4.69) is 9.98 Å². The van der Waals surface area contributed by atoms with Crippen molar-refractivity contribution < 1.29 is 22.7 Å².